The van der Waals surface area contributed by atoms with Crippen LogP contribution < -0.4 is 16.0 Å². The van der Waals surface area contributed by atoms with Crippen LogP contribution in [0, 0.1) is 11.8 Å². The molecule has 0 unspecified atom stereocenters. The minimum Gasteiger partial charge on any atom is -0.398 e. The zero-order valence-corrected chi connectivity index (χ0v) is 15.9. The van der Waals surface area contributed by atoms with Crippen LogP contribution in [-0.4, -0.2) is 15.0 Å². The second kappa shape index (κ2) is 7.89. The first-order valence-electron chi connectivity index (χ1n) is 8.11. The van der Waals surface area contributed by atoms with Gasteiger partial charge in [-0.15, -0.1) is 16.2 Å². The van der Waals surface area contributed by atoms with E-state index in [9.17, 15) is 8.42 Å². The molecule has 0 fully saturated rings. The van der Waals surface area contributed by atoms with E-state index in [0.717, 1.165) is 27.1 Å². The molecule has 0 spiro atoms. The molecule has 1 aromatic heterocycles. The van der Waals surface area contributed by atoms with E-state index in [1.165, 1.54) is 17.7 Å². The molecule has 3 aromatic rings. The molecular formula is C19H19N3O2S2. The van der Waals surface area contributed by atoms with Crippen molar-refractivity contribution in [1.29, 1.82) is 0 Å². The average molecular weight is 386 g/mol. The predicted molar refractivity (Wildman–Crippen MR) is 107 cm³/mol. The number of aryl methyl sites for hydroxylation is 1. The summed E-state index contributed by atoms with van der Waals surface area (Å²) in [5.41, 5.74) is 10.6. The molecule has 1 heterocycles. The molecule has 0 aliphatic heterocycles. The monoisotopic (exact) mass is 385 g/mol. The molecule has 0 saturated carbocycles. The second-order valence-electron chi connectivity index (χ2n) is 5.56. The third kappa shape index (κ3) is 3.89. The lowest BCUT2D eigenvalue weighted by atomic mass is 10.1. The van der Waals surface area contributed by atoms with Gasteiger partial charge >= 0.3 is 0 Å². The van der Waals surface area contributed by atoms with Crippen LogP contribution in [0.25, 0.3) is 10.1 Å². The first kappa shape index (κ1) is 18.4. The molecular weight excluding hydrogens is 366 g/mol. The summed E-state index contributed by atoms with van der Waals surface area (Å²) in [7, 11) is -3.59. The maximum absolute atomic E-state index is 12.1. The topological polar surface area (TPSA) is 84.2 Å². The Bertz CT molecular complexity index is 1080. The van der Waals surface area contributed by atoms with E-state index >= 15 is 0 Å². The highest BCUT2D eigenvalue weighted by Crippen LogP contribution is 2.34. The Balaban J connectivity index is 1.70. The first-order valence-corrected chi connectivity index (χ1v) is 10.4. The van der Waals surface area contributed by atoms with Crippen LogP contribution >= 0.6 is 11.3 Å². The van der Waals surface area contributed by atoms with Gasteiger partial charge in [0.2, 0.25) is 0 Å². The number of sulfonamides is 1. The largest absolute Gasteiger partial charge is 0.398 e. The summed E-state index contributed by atoms with van der Waals surface area (Å²) in [6.45, 7) is 2.28. The molecule has 0 aliphatic rings. The summed E-state index contributed by atoms with van der Waals surface area (Å²) in [6, 6.07) is 14.1. The number of hydrazine groups is 1. The van der Waals surface area contributed by atoms with Gasteiger partial charge in [-0.05, 0) is 35.6 Å². The predicted octanol–water partition coefficient (Wildman–Crippen LogP) is 2.88. The molecule has 0 aliphatic carbocycles. The van der Waals surface area contributed by atoms with Gasteiger partial charge < -0.3 is 5.73 Å². The summed E-state index contributed by atoms with van der Waals surface area (Å²) < 4.78 is 25.2. The summed E-state index contributed by atoms with van der Waals surface area (Å²) in [6.07, 6.45) is 0.863. The van der Waals surface area contributed by atoms with Crippen molar-refractivity contribution in [3.8, 4) is 11.8 Å². The van der Waals surface area contributed by atoms with Gasteiger partial charge in [0.15, 0.2) is 0 Å². The van der Waals surface area contributed by atoms with E-state index in [1.54, 1.807) is 29.5 Å². The number of nitrogens with two attached hydrogens (primary N) is 1. The Morgan fingerprint density at radius 2 is 1.88 bits per heavy atom. The van der Waals surface area contributed by atoms with Crippen molar-refractivity contribution < 1.29 is 8.42 Å². The standard InChI is InChI=1S/C19H19N3O2S2/c1-2-15-16-10-6-11-17(20)19(16)25-18(15)12-7-13-21-22-26(23,24)14-8-4-3-5-9-14/h3-6,8-11,21-22H,2,13,20H2,1H3. The molecule has 7 heteroatoms. The van der Waals surface area contributed by atoms with E-state index in [-0.39, 0.29) is 11.4 Å². The van der Waals surface area contributed by atoms with Crippen LogP contribution in [0.2, 0.25) is 0 Å². The lowest BCUT2D eigenvalue weighted by Gasteiger charge is -2.05. The van der Waals surface area contributed by atoms with Crippen LogP contribution in [0.5, 0.6) is 0 Å². The first-order chi connectivity index (χ1) is 12.5. The maximum Gasteiger partial charge on any atom is 0.253 e. The van der Waals surface area contributed by atoms with E-state index < -0.39 is 10.0 Å². The highest BCUT2D eigenvalue weighted by Gasteiger charge is 2.12. The Morgan fingerprint density at radius 3 is 2.62 bits per heavy atom. The number of nitrogens with one attached hydrogen (secondary N) is 2. The van der Waals surface area contributed by atoms with Gasteiger partial charge in [0.25, 0.3) is 10.0 Å². The Morgan fingerprint density at radius 1 is 1.12 bits per heavy atom. The highest BCUT2D eigenvalue weighted by molar-refractivity contribution is 7.89. The van der Waals surface area contributed by atoms with Gasteiger partial charge in [0.05, 0.1) is 21.0 Å². The summed E-state index contributed by atoms with van der Waals surface area (Å²) in [4.78, 5) is 3.50. The number of thiophene rings is 1. The number of anilines is 1. The van der Waals surface area contributed by atoms with E-state index in [4.69, 9.17) is 5.73 Å². The van der Waals surface area contributed by atoms with Crippen molar-refractivity contribution in [3.63, 3.8) is 0 Å². The number of hydrogen-bond donors (Lipinski definition) is 3. The Hall–Kier alpha value is -2.37. The molecule has 0 bridgehead atoms. The van der Waals surface area contributed by atoms with Gasteiger partial charge in [-0.1, -0.05) is 49.1 Å². The van der Waals surface area contributed by atoms with Crippen LogP contribution in [-0.2, 0) is 16.4 Å². The van der Waals surface area contributed by atoms with Crippen molar-refractivity contribution in [2.24, 2.45) is 0 Å². The number of nitrogen functional groups attached to an aromatic ring is 1. The molecule has 134 valence electrons. The molecule has 0 atom stereocenters. The van der Waals surface area contributed by atoms with Crippen LogP contribution in [0.4, 0.5) is 5.69 Å². The molecule has 3 rings (SSSR count). The fraction of sp³-hybridized carbons (Fsp3) is 0.158. The normalized spacial score (nSPS) is 11.3. The van der Waals surface area contributed by atoms with Crippen molar-refractivity contribution in [3.05, 3.63) is 59.0 Å². The molecule has 2 aromatic carbocycles. The minimum absolute atomic E-state index is 0.193. The van der Waals surface area contributed by atoms with Gasteiger partial charge in [-0.25, -0.2) is 13.8 Å². The molecule has 5 nitrogen and oxygen atoms in total. The van der Waals surface area contributed by atoms with Gasteiger partial charge in [-0.2, -0.15) is 0 Å². The molecule has 0 radical (unpaired) electrons. The minimum atomic E-state index is -3.59. The zero-order chi connectivity index (χ0) is 18.6. The van der Waals surface area contributed by atoms with Crippen LogP contribution in [0.3, 0.4) is 0 Å². The van der Waals surface area contributed by atoms with Gasteiger partial charge in [0, 0.05) is 5.69 Å². The van der Waals surface area contributed by atoms with Gasteiger partial charge in [-0.3, -0.25) is 0 Å². The third-order valence-electron chi connectivity index (χ3n) is 3.84. The van der Waals surface area contributed by atoms with E-state index in [2.05, 4.69) is 35.1 Å². The highest BCUT2D eigenvalue weighted by atomic mass is 32.2. The summed E-state index contributed by atoms with van der Waals surface area (Å²) in [5, 5.41) is 1.14. The second-order valence-corrected chi connectivity index (χ2v) is 8.26. The van der Waals surface area contributed by atoms with Crippen LogP contribution in [0.1, 0.15) is 17.4 Å². The lowest BCUT2D eigenvalue weighted by molar-refractivity contribution is 0.566. The number of rotatable bonds is 5. The van der Waals surface area contributed by atoms with E-state index in [0.29, 0.717) is 0 Å². The van der Waals surface area contributed by atoms with Crippen LogP contribution in [0.15, 0.2) is 53.4 Å². The molecule has 4 N–H and O–H groups in total. The number of fused-ring (bicyclic) bond motifs is 1. The third-order valence-corrected chi connectivity index (χ3v) is 6.36. The quantitative estimate of drug-likeness (QED) is 0.273. The van der Waals surface area contributed by atoms with Crippen molar-refractivity contribution in [1.82, 2.24) is 10.3 Å². The van der Waals surface area contributed by atoms with Crippen molar-refractivity contribution in [2.75, 3.05) is 12.3 Å². The summed E-state index contributed by atoms with van der Waals surface area (Å²) in [5.74, 6) is 6.08. The number of benzene rings is 2. The number of hydrogen-bond acceptors (Lipinski definition) is 5. The Kier molecular flexibility index (Phi) is 5.59. The van der Waals surface area contributed by atoms with Crippen molar-refractivity contribution in [2.45, 2.75) is 18.2 Å². The smallest absolute Gasteiger partial charge is 0.253 e. The average Bonchev–Trinajstić information content (AvgIpc) is 3.01. The fourth-order valence-corrected chi connectivity index (χ4v) is 4.69. The zero-order valence-electron chi connectivity index (χ0n) is 14.2. The van der Waals surface area contributed by atoms with E-state index in [1.807, 2.05) is 12.1 Å². The lowest BCUT2D eigenvalue weighted by Crippen LogP contribution is -2.37. The maximum atomic E-state index is 12.1. The molecule has 0 amide bonds. The molecule has 26 heavy (non-hydrogen) atoms. The SMILES string of the molecule is CCc1c(C#CCNNS(=O)(=O)c2ccccc2)sc2c(N)cccc12. The summed E-state index contributed by atoms with van der Waals surface area (Å²) >= 11 is 1.57. The fourth-order valence-electron chi connectivity index (χ4n) is 2.60. The Labute approximate surface area is 157 Å². The van der Waals surface area contributed by atoms with Crippen molar-refractivity contribution >= 4 is 37.1 Å². The van der Waals surface area contributed by atoms with Gasteiger partial charge in [0.1, 0.15) is 0 Å². The molecule has 0 saturated heterocycles.